The van der Waals surface area contributed by atoms with E-state index in [1.807, 2.05) is 6.92 Å². The molecule has 0 saturated carbocycles. The van der Waals surface area contributed by atoms with Crippen LogP contribution in [-0.2, 0) is 16.1 Å². The van der Waals surface area contributed by atoms with Gasteiger partial charge in [-0.2, -0.15) is 0 Å². The molecule has 0 fully saturated rings. The summed E-state index contributed by atoms with van der Waals surface area (Å²) in [7, 11) is 0. The average molecular weight is 369 g/mol. The fourth-order valence-electron chi connectivity index (χ4n) is 2.62. The summed E-state index contributed by atoms with van der Waals surface area (Å²) in [5.74, 6) is 0.267. The maximum atomic E-state index is 10.8. The Bertz CT molecular complexity index is 766. The zero-order valence-electron chi connectivity index (χ0n) is 16.1. The third kappa shape index (κ3) is 6.77. The topological polar surface area (TPSA) is 68.1 Å². The molecule has 0 aromatic heterocycles. The van der Waals surface area contributed by atoms with E-state index in [-0.39, 0.29) is 6.42 Å². The van der Waals surface area contributed by atoms with E-state index in [4.69, 9.17) is 14.7 Å². The van der Waals surface area contributed by atoms with Crippen molar-refractivity contribution in [2.45, 2.75) is 39.5 Å². The van der Waals surface area contributed by atoms with Crippen LogP contribution in [0.4, 0.5) is 0 Å². The second kappa shape index (κ2) is 10.4. The van der Waals surface area contributed by atoms with Gasteiger partial charge in [0.15, 0.2) is 6.61 Å². The van der Waals surface area contributed by atoms with Gasteiger partial charge in [0.05, 0.1) is 12.1 Å². The van der Waals surface area contributed by atoms with Crippen molar-refractivity contribution in [2.75, 3.05) is 13.2 Å². The molecule has 144 valence electrons. The maximum Gasteiger partial charge on any atom is 0.307 e. The zero-order chi connectivity index (χ0) is 19.6. The Kier molecular flexibility index (Phi) is 7.86. The van der Waals surface area contributed by atoms with Crippen LogP contribution in [0.15, 0.2) is 53.7 Å². The van der Waals surface area contributed by atoms with E-state index in [0.717, 1.165) is 17.7 Å². The van der Waals surface area contributed by atoms with Crippen LogP contribution >= 0.6 is 0 Å². The summed E-state index contributed by atoms with van der Waals surface area (Å²) >= 11 is 0. The lowest BCUT2D eigenvalue weighted by atomic mass is 10.00. The van der Waals surface area contributed by atoms with E-state index >= 15 is 0 Å². The van der Waals surface area contributed by atoms with Crippen LogP contribution in [0.1, 0.15) is 49.8 Å². The summed E-state index contributed by atoms with van der Waals surface area (Å²) in [6, 6.07) is 15.5. The Morgan fingerprint density at radius 3 is 2.48 bits per heavy atom. The summed E-state index contributed by atoms with van der Waals surface area (Å²) < 4.78 is 5.60. The van der Waals surface area contributed by atoms with E-state index in [0.29, 0.717) is 30.4 Å². The highest BCUT2D eigenvalue weighted by Crippen LogP contribution is 2.16. The molecule has 0 aliphatic heterocycles. The van der Waals surface area contributed by atoms with Crippen molar-refractivity contribution < 1.29 is 19.5 Å². The average Bonchev–Trinajstić information content (AvgIpc) is 2.64. The first-order valence-electron chi connectivity index (χ1n) is 9.22. The van der Waals surface area contributed by atoms with Gasteiger partial charge in [0, 0.05) is 0 Å². The second-order valence-corrected chi connectivity index (χ2v) is 6.57. The smallest absolute Gasteiger partial charge is 0.307 e. The van der Waals surface area contributed by atoms with Gasteiger partial charge in [0.2, 0.25) is 0 Å². The molecule has 0 bridgehead atoms. The van der Waals surface area contributed by atoms with Crippen LogP contribution in [0.3, 0.4) is 0 Å². The molecule has 0 aliphatic carbocycles. The number of carboxylic acid groups (broad SMARTS) is 1. The molecule has 5 heteroatoms. The van der Waals surface area contributed by atoms with Crippen LogP contribution in [0.25, 0.3) is 0 Å². The molecule has 27 heavy (non-hydrogen) atoms. The minimum Gasteiger partial charge on any atom is -0.490 e. The Balaban J connectivity index is 1.84. The fraction of sp³-hybridized carbons (Fsp3) is 0.364. The van der Waals surface area contributed by atoms with Gasteiger partial charge < -0.3 is 14.7 Å². The number of oxime groups is 1. The van der Waals surface area contributed by atoms with Crippen LogP contribution < -0.4 is 4.74 Å². The van der Waals surface area contributed by atoms with Gasteiger partial charge in [-0.3, -0.25) is 4.79 Å². The number of hydrogen-bond acceptors (Lipinski definition) is 4. The van der Waals surface area contributed by atoms with Crippen molar-refractivity contribution >= 4 is 11.7 Å². The predicted molar refractivity (Wildman–Crippen MR) is 107 cm³/mol. The highest BCUT2D eigenvalue weighted by molar-refractivity contribution is 6.00. The second-order valence-electron chi connectivity index (χ2n) is 6.57. The van der Waals surface area contributed by atoms with Crippen molar-refractivity contribution in [1.29, 1.82) is 0 Å². The molecule has 0 unspecified atom stereocenters. The monoisotopic (exact) mass is 369 g/mol. The molecule has 0 atom stereocenters. The SMILES string of the molecule is CC/C(=N\OCCOc1cccc(CC(=O)O)c1)c1ccc(C(C)C)cc1. The van der Waals surface area contributed by atoms with Gasteiger partial charge >= 0.3 is 5.97 Å². The van der Waals surface area contributed by atoms with Crippen LogP contribution in [-0.4, -0.2) is 30.0 Å². The van der Waals surface area contributed by atoms with Crippen LogP contribution in [0, 0.1) is 0 Å². The first kappa shape index (κ1) is 20.5. The van der Waals surface area contributed by atoms with Gasteiger partial charge in [-0.25, -0.2) is 0 Å². The number of ether oxygens (including phenoxy) is 1. The third-order valence-electron chi connectivity index (χ3n) is 4.12. The molecular formula is C22H27NO4. The molecule has 2 aromatic rings. The summed E-state index contributed by atoms with van der Waals surface area (Å²) in [6.07, 6.45) is 0.757. The molecule has 0 amide bonds. The molecule has 0 aliphatic rings. The first-order valence-corrected chi connectivity index (χ1v) is 9.22. The molecule has 2 rings (SSSR count). The molecule has 0 saturated heterocycles. The van der Waals surface area contributed by atoms with E-state index in [1.165, 1.54) is 5.56 Å². The summed E-state index contributed by atoms with van der Waals surface area (Å²) in [5, 5.41) is 13.1. The Hall–Kier alpha value is -2.82. The summed E-state index contributed by atoms with van der Waals surface area (Å²) in [4.78, 5) is 16.2. The highest BCUT2D eigenvalue weighted by atomic mass is 16.6. The Morgan fingerprint density at radius 2 is 1.85 bits per heavy atom. The molecule has 0 spiro atoms. The number of carbonyl (C=O) groups is 1. The van der Waals surface area contributed by atoms with E-state index in [2.05, 4.69) is 43.3 Å². The molecule has 1 N–H and O–H groups in total. The summed E-state index contributed by atoms with van der Waals surface area (Å²) in [5.41, 5.74) is 3.96. The minimum atomic E-state index is -0.863. The number of benzene rings is 2. The van der Waals surface area contributed by atoms with E-state index in [1.54, 1.807) is 24.3 Å². The van der Waals surface area contributed by atoms with Gasteiger partial charge in [-0.05, 0) is 41.2 Å². The van der Waals surface area contributed by atoms with Crippen molar-refractivity contribution in [3.8, 4) is 5.75 Å². The van der Waals surface area contributed by atoms with Crippen LogP contribution in [0.2, 0.25) is 0 Å². The molecule has 0 radical (unpaired) electrons. The molecule has 0 heterocycles. The lowest BCUT2D eigenvalue weighted by molar-refractivity contribution is -0.136. The number of nitrogens with zero attached hydrogens (tertiary/aromatic N) is 1. The highest BCUT2D eigenvalue weighted by Gasteiger charge is 2.05. The minimum absolute atomic E-state index is 0.0204. The lowest BCUT2D eigenvalue weighted by Crippen LogP contribution is -2.07. The van der Waals surface area contributed by atoms with Gasteiger partial charge in [-0.1, -0.05) is 62.3 Å². The van der Waals surface area contributed by atoms with Crippen molar-refractivity contribution in [1.82, 2.24) is 0 Å². The number of rotatable bonds is 10. The zero-order valence-corrected chi connectivity index (χ0v) is 16.1. The molecule has 5 nitrogen and oxygen atoms in total. The maximum absolute atomic E-state index is 10.8. The fourth-order valence-corrected chi connectivity index (χ4v) is 2.62. The third-order valence-corrected chi connectivity index (χ3v) is 4.12. The number of hydrogen-bond donors (Lipinski definition) is 1. The Morgan fingerprint density at radius 1 is 1.11 bits per heavy atom. The van der Waals surface area contributed by atoms with Crippen molar-refractivity contribution in [2.24, 2.45) is 5.16 Å². The molecular weight excluding hydrogens is 342 g/mol. The number of aliphatic carboxylic acids is 1. The largest absolute Gasteiger partial charge is 0.490 e. The van der Waals surface area contributed by atoms with Gasteiger partial charge in [-0.15, -0.1) is 0 Å². The van der Waals surface area contributed by atoms with E-state index < -0.39 is 5.97 Å². The normalized spacial score (nSPS) is 11.5. The van der Waals surface area contributed by atoms with E-state index in [9.17, 15) is 4.79 Å². The van der Waals surface area contributed by atoms with Crippen molar-refractivity contribution in [3.63, 3.8) is 0 Å². The Labute approximate surface area is 160 Å². The first-order chi connectivity index (χ1) is 13.0. The quantitative estimate of drug-likeness (QED) is 0.376. The standard InChI is InChI=1S/C22H27NO4/c1-4-21(19-10-8-18(9-11-19)16(2)3)23-27-13-12-26-20-7-5-6-17(14-20)15-22(24)25/h5-11,14,16H,4,12-13,15H2,1-3H3,(H,24,25)/b23-21+. The lowest BCUT2D eigenvalue weighted by Gasteiger charge is -2.09. The van der Waals surface area contributed by atoms with Crippen molar-refractivity contribution in [3.05, 3.63) is 65.2 Å². The predicted octanol–water partition coefficient (Wildman–Crippen LogP) is 4.65. The molecule has 2 aromatic carbocycles. The number of carboxylic acids is 1. The van der Waals surface area contributed by atoms with Crippen LogP contribution in [0.5, 0.6) is 5.75 Å². The summed E-state index contributed by atoms with van der Waals surface area (Å²) in [6.45, 7) is 7.04. The van der Waals surface area contributed by atoms with Gasteiger partial charge in [0.1, 0.15) is 12.4 Å². The van der Waals surface area contributed by atoms with Gasteiger partial charge in [0.25, 0.3) is 0 Å².